The van der Waals surface area contributed by atoms with Crippen LogP contribution >= 0.6 is 0 Å². The van der Waals surface area contributed by atoms with Crippen LogP contribution in [0.1, 0.15) is 20.7 Å². The number of hydrogen-bond acceptors (Lipinski definition) is 3. The van der Waals surface area contributed by atoms with Crippen molar-refractivity contribution in [3.63, 3.8) is 0 Å². The highest BCUT2D eigenvalue weighted by atomic mass is 16.3. The van der Waals surface area contributed by atoms with Crippen LogP contribution in [0.3, 0.4) is 0 Å². The fraction of sp³-hybridized carbons (Fsp3) is 0. The molecule has 0 heterocycles. The van der Waals surface area contributed by atoms with E-state index in [1.54, 1.807) is 36.4 Å². The van der Waals surface area contributed by atoms with Crippen LogP contribution in [0.5, 0.6) is 5.75 Å². The average Bonchev–Trinajstić information content (AvgIpc) is 2.40. The Labute approximate surface area is 110 Å². The molecule has 98 valence electrons. The number of amides is 2. The van der Waals surface area contributed by atoms with Gasteiger partial charge < -0.3 is 16.6 Å². The minimum Gasteiger partial charge on any atom is -0.507 e. The van der Waals surface area contributed by atoms with Crippen molar-refractivity contribution in [2.75, 3.05) is 0 Å². The molecule has 5 nitrogen and oxygen atoms in total. The van der Waals surface area contributed by atoms with Gasteiger partial charge in [0.25, 0.3) is 5.91 Å². The lowest BCUT2D eigenvalue weighted by Crippen LogP contribution is -2.10. The molecular formula is C14H14N2O3. The quantitative estimate of drug-likeness (QED) is 0.755. The predicted octanol–water partition coefficient (Wildman–Crippen LogP) is 1.28. The van der Waals surface area contributed by atoms with Crippen molar-refractivity contribution in [3.8, 4) is 5.75 Å². The Morgan fingerprint density at radius 1 is 0.789 bits per heavy atom. The Bertz CT molecular complexity index is 568. The van der Waals surface area contributed by atoms with E-state index >= 15 is 0 Å². The van der Waals surface area contributed by atoms with E-state index in [0.29, 0.717) is 5.56 Å². The molecule has 0 aliphatic rings. The summed E-state index contributed by atoms with van der Waals surface area (Å²) < 4.78 is 0. The minimum atomic E-state index is -0.613. The van der Waals surface area contributed by atoms with Gasteiger partial charge in [-0.3, -0.25) is 9.59 Å². The Morgan fingerprint density at radius 2 is 1.32 bits per heavy atom. The highest BCUT2D eigenvalue weighted by Gasteiger charge is 2.03. The summed E-state index contributed by atoms with van der Waals surface area (Å²) in [6, 6.07) is 14.9. The van der Waals surface area contributed by atoms with E-state index in [2.05, 4.69) is 0 Å². The van der Waals surface area contributed by atoms with Gasteiger partial charge in [-0.05, 0) is 24.3 Å². The summed E-state index contributed by atoms with van der Waals surface area (Å²) in [7, 11) is 0. The van der Waals surface area contributed by atoms with E-state index < -0.39 is 5.91 Å². The summed E-state index contributed by atoms with van der Waals surface area (Å²) >= 11 is 0. The third-order valence-corrected chi connectivity index (χ3v) is 2.23. The van der Waals surface area contributed by atoms with Crippen LogP contribution in [0, 0.1) is 0 Å². The third kappa shape index (κ3) is 4.51. The van der Waals surface area contributed by atoms with Crippen LogP contribution in [-0.4, -0.2) is 16.9 Å². The van der Waals surface area contributed by atoms with Gasteiger partial charge >= 0.3 is 0 Å². The third-order valence-electron chi connectivity index (χ3n) is 2.23. The Hall–Kier alpha value is -2.82. The first-order valence-corrected chi connectivity index (χ1v) is 5.45. The summed E-state index contributed by atoms with van der Waals surface area (Å²) in [5.41, 5.74) is 10.6. The maximum absolute atomic E-state index is 10.5. The number of hydrogen-bond donors (Lipinski definition) is 3. The largest absolute Gasteiger partial charge is 0.507 e. The van der Waals surface area contributed by atoms with Crippen molar-refractivity contribution >= 4 is 11.8 Å². The molecule has 0 saturated carbocycles. The zero-order chi connectivity index (χ0) is 14.3. The molecule has 0 radical (unpaired) electrons. The molecule has 19 heavy (non-hydrogen) atoms. The number of nitrogens with two attached hydrogens (primary N) is 2. The van der Waals surface area contributed by atoms with Gasteiger partial charge in [0.15, 0.2) is 0 Å². The lowest BCUT2D eigenvalue weighted by molar-refractivity contribution is 0.0990. The van der Waals surface area contributed by atoms with Gasteiger partial charge in [-0.1, -0.05) is 30.3 Å². The molecule has 0 aliphatic carbocycles. The summed E-state index contributed by atoms with van der Waals surface area (Å²) in [5.74, 6) is -1.07. The van der Waals surface area contributed by atoms with Gasteiger partial charge in [-0.25, -0.2) is 0 Å². The summed E-state index contributed by atoms with van der Waals surface area (Å²) in [6.07, 6.45) is 0. The van der Waals surface area contributed by atoms with Crippen molar-refractivity contribution in [2.45, 2.75) is 0 Å². The number of carbonyl (C=O) groups excluding carboxylic acids is 2. The van der Waals surface area contributed by atoms with Gasteiger partial charge in [0.2, 0.25) is 5.91 Å². The van der Waals surface area contributed by atoms with Crippen molar-refractivity contribution in [1.82, 2.24) is 0 Å². The molecule has 5 heteroatoms. The van der Waals surface area contributed by atoms with Crippen LogP contribution in [-0.2, 0) is 0 Å². The van der Waals surface area contributed by atoms with E-state index in [1.807, 2.05) is 6.07 Å². The maximum Gasteiger partial charge on any atom is 0.252 e. The van der Waals surface area contributed by atoms with E-state index in [9.17, 15) is 9.59 Å². The number of benzene rings is 2. The first kappa shape index (κ1) is 14.2. The van der Waals surface area contributed by atoms with Gasteiger partial charge in [0.05, 0.1) is 5.56 Å². The number of aromatic hydroxyl groups is 1. The molecule has 5 N–H and O–H groups in total. The second-order valence-electron chi connectivity index (χ2n) is 3.61. The summed E-state index contributed by atoms with van der Waals surface area (Å²) in [4.78, 5) is 20.9. The number of para-hydroxylation sites is 1. The van der Waals surface area contributed by atoms with Crippen LogP contribution in [0.2, 0.25) is 0 Å². The molecule has 2 rings (SSSR count). The predicted molar refractivity (Wildman–Crippen MR) is 71.6 cm³/mol. The molecule has 0 aliphatic heterocycles. The first-order valence-electron chi connectivity index (χ1n) is 5.45. The fourth-order valence-electron chi connectivity index (χ4n) is 1.28. The molecule has 2 amide bonds. The van der Waals surface area contributed by atoms with Gasteiger partial charge in [-0.2, -0.15) is 0 Å². The highest BCUT2D eigenvalue weighted by molar-refractivity contribution is 5.95. The SMILES string of the molecule is NC(=O)c1ccccc1.NC(=O)c1ccccc1O. The van der Waals surface area contributed by atoms with E-state index in [4.69, 9.17) is 16.6 Å². The number of primary amides is 2. The van der Waals surface area contributed by atoms with E-state index in [-0.39, 0.29) is 17.2 Å². The Morgan fingerprint density at radius 3 is 1.68 bits per heavy atom. The summed E-state index contributed by atoms with van der Waals surface area (Å²) in [5, 5.41) is 8.98. The highest BCUT2D eigenvalue weighted by Crippen LogP contribution is 2.13. The molecule has 0 saturated heterocycles. The van der Waals surface area contributed by atoms with Crippen LogP contribution < -0.4 is 11.5 Å². The molecule has 2 aromatic carbocycles. The lowest BCUT2D eigenvalue weighted by Gasteiger charge is -1.96. The van der Waals surface area contributed by atoms with Gasteiger partial charge in [-0.15, -0.1) is 0 Å². The molecule has 2 aromatic rings. The van der Waals surface area contributed by atoms with Gasteiger partial charge in [0, 0.05) is 5.56 Å². The number of phenols is 1. The first-order chi connectivity index (χ1) is 9.02. The van der Waals surface area contributed by atoms with Gasteiger partial charge in [0.1, 0.15) is 5.75 Å². The topological polar surface area (TPSA) is 106 Å². The molecule has 0 bridgehead atoms. The normalized spacial score (nSPS) is 9.05. The maximum atomic E-state index is 10.5. The lowest BCUT2D eigenvalue weighted by atomic mass is 10.2. The zero-order valence-electron chi connectivity index (χ0n) is 10.1. The molecule has 0 spiro atoms. The molecular weight excluding hydrogens is 244 g/mol. The monoisotopic (exact) mass is 258 g/mol. The van der Waals surface area contributed by atoms with E-state index in [1.165, 1.54) is 12.1 Å². The molecule has 0 fully saturated rings. The summed E-state index contributed by atoms with van der Waals surface area (Å²) in [6.45, 7) is 0. The molecule has 0 aromatic heterocycles. The number of rotatable bonds is 2. The minimum absolute atomic E-state index is 0.0741. The second-order valence-corrected chi connectivity index (χ2v) is 3.61. The fourth-order valence-corrected chi connectivity index (χ4v) is 1.28. The second kappa shape index (κ2) is 6.80. The molecule has 0 unspecified atom stereocenters. The van der Waals surface area contributed by atoms with Crippen LogP contribution in [0.25, 0.3) is 0 Å². The van der Waals surface area contributed by atoms with Crippen LogP contribution in [0.4, 0.5) is 0 Å². The Kier molecular flexibility index (Phi) is 5.10. The van der Waals surface area contributed by atoms with Crippen molar-refractivity contribution in [2.24, 2.45) is 11.5 Å². The van der Waals surface area contributed by atoms with E-state index in [0.717, 1.165) is 0 Å². The van der Waals surface area contributed by atoms with Crippen LogP contribution in [0.15, 0.2) is 54.6 Å². The Balaban J connectivity index is 0.000000191. The van der Waals surface area contributed by atoms with Crippen molar-refractivity contribution in [1.29, 1.82) is 0 Å². The molecule has 0 atom stereocenters. The standard InChI is InChI=1S/C7H7NO2.C7H7NO/c8-7(10)5-3-1-2-4-6(5)9;8-7(9)6-4-2-1-3-5-6/h1-4,9H,(H2,8,10);1-5H,(H2,8,9). The smallest absolute Gasteiger partial charge is 0.252 e. The van der Waals surface area contributed by atoms with Crippen molar-refractivity contribution < 1.29 is 14.7 Å². The van der Waals surface area contributed by atoms with Crippen molar-refractivity contribution in [3.05, 3.63) is 65.7 Å². The zero-order valence-corrected chi connectivity index (χ0v) is 10.1. The number of carbonyl (C=O) groups is 2. The average molecular weight is 258 g/mol.